The van der Waals surface area contributed by atoms with Gasteiger partial charge in [-0.15, -0.1) is 10.2 Å². The van der Waals surface area contributed by atoms with Crippen LogP contribution in [0.4, 0.5) is 0 Å². The maximum atomic E-state index is 5.35. The van der Waals surface area contributed by atoms with Gasteiger partial charge in [-0.05, 0) is 30.3 Å². The van der Waals surface area contributed by atoms with Crippen molar-refractivity contribution in [2.24, 2.45) is 0 Å². The SMILES string of the molecule is COc1ccc(-c2nnc3sc(-c4cccnc4)nn23)cc1OC. The van der Waals surface area contributed by atoms with E-state index in [-0.39, 0.29) is 0 Å². The van der Waals surface area contributed by atoms with Gasteiger partial charge in [-0.3, -0.25) is 4.98 Å². The number of benzene rings is 1. The van der Waals surface area contributed by atoms with Crippen LogP contribution in [0.2, 0.25) is 0 Å². The summed E-state index contributed by atoms with van der Waals surface area (Å²) in [5, 5.41) is 13.9. The summed E-state index contributed by atoms with van der Waals surface area (Å²) in [6.07, 6.45) is 3.51. The van der Waals surface area contributed by atoms with Crippen molar-refractivity contribution in [1.82, 2.24) is 24.8 Å². The molecule has 0 fully saturated rings. The van der Waals surface area contributed by atoms with E-state index < -0.39 is 0 Å². The standard InChI is InChI=1S/C16H13N5O2S/c1-22-12-6-5-10(8-13(12)23-2)14-18-19-16-21(14)20-15(24-16)11-4-3-7-17-9-11/h3-9H,1-2H3. The third kappa shape index (κ3) is 2.37. The van der Waals surface area contributed by atoms with Crippen molar-refractivity contribution in [2.75, 3.05) is 14.2 Å². The lowest BCUT2D eigenvalue weighted by molar-refractivity contribution is 0.355. The Balaban J connectivity index is 1.82. The van der Waals surface area contributed by atoms with E-state index in [1.807, 2.05) is 30.3 Å². The topological polar surface area (TPSA) is 74.4 Å². The van der Waals surface area contributed by atoms with E-state index in [1.54, 1.807) is 31.1 Å². The first-order chi connectivity index (χ1) is 11.8. The molecule has 0 atom stereocenters. The molecule has 120 valence electrons. The molecule has 0 bridgehead atoms. The van der Waals surface area contributed by atoms with Gasteiger partial charge in [0.1, 0.15) is 5.01 Å². The lowest BCUT2D eigenvalue weighted by atomic mass is 10.2. The van der Waals surface area contributed by atoms with Crippen LogP contribution in [0.3, 0.4) is 0 Å². The summed E-state index contributed by atoms with van der Waals surface area (Å²) in [5.41, 5.74) is 1.80. The van der Waals surface area contributed by atoms with Crippen LogP contribution in [0.15, 0.2) is 42.7 Å². The second-order valence-corrected chi connectivity index (χ2v) is 5.89. The quantitative estimate of drug-likeness (QED) is 0.569. The predicted octanol–water partition coefficient (Wildman–Crippen LogP) is 2.93. The molecule has 3 heterocycles. The Morgan fingerprint density at radius 1 is 1.00 bits per heavy atom. The summed E-state index contributed by atoms with van der Waals surface area (Å²) < 4.78 is 12.4. The molecule has 0 aliphatic heterocycles. The Labute approximate surface area is 141 Å². The number of rotatable bonds is 4. The van der Waals surface area contributed by atoms with Crippen LogP contribution in [0, 0.1) is 0 Å². The van der Waals surface area contributed by atoms with E-state index in [0.29, 0.717) is 17.3 Å². The number of aromatic nitrogens is 5. The van der Waals surface area contributed by atoms with Gasteiger partial charge in [0.15, 0.2) is 17.3 Å². The van der Waals surface area contributed by atoms with E-state index in [1.165, 1.54) is 11.3 Å². The zero-order chi connectivity index (χ0) is 16.5. The van der Waals surface area contributed by atoms with E-state index in [0.717, 1.165) is 21.1 Å². The third-order valence-electron chi connectivity index (χ3n) is 3.54. The molecular weight excluding hydrogens is 326 g/mol. The van der Waals surface area contributed by atoms with Crippen LogP contribution in [-0.4, -0.2) is 39.0 Å². The van der Waals surface area contributed by atoms with Crippen molar-refractivity contribution in [1.29, 1.82) is 0 Å². The third-order valence-corrected chi connectivity index (χ3v) is 4.49. The van der Waals surface area contributed by atoms with E-state index in [4.69, 9.17) is 9.47 Å². The normalized spacial score (nSPS) is 10.9. The highest BCUT2D eigenvalue weighted by Crippen LogP contribution is 2.33. The van der Waals surface area contributed by atoms with Crippen LogP contribution in [0.1, 0.15) is 0 Å². The number of nitrogens with zero attached hydrogens (tertiary/aromatic N) is 5. The second kappa shape index (κ2) is 5.89. The largest absolute Gasteiger partial charge is 0.493 e. The molecule has 24 heavy (non-hydrogen) atoms. The van der Waals surface area contributed by atoms with Gasteiger partial charge in [-0.2, -0.15) is 9.61 Å². The highest BCUT2D eigenvalue weighted by atomic mass is 32.1. The molecule has 7 nitrogen and oxygen atoms in total. The zero-order valence-corrected chi connectivity index (χ0v) is 13.8. The summed E-state index contributed by atoms with van der Waals surface area (Å²) in [6.45, 7) is 0. The minimum atomic E-state index is 0.634. The minimum absolute atomic E-state index is 0.634. The molecule has 8 heteroatoms. The monoisotopic (exact) mass is 339 g/mol. The maximum absolute atomic E-state index is 5.35. The molecule has 4 aromatic rings. The van der Waals surface area contributed by atoms with Crippen molar-refractivity contribution in [3.63, 3.8) is 0 Å². The van der Waals surface area contributed by atoms with Gasteiger partial charge in [0.2, 0.25) is 4.96 Å². The number of ether oxygens (including phenoxy) is 2. The molecule has 0 radical (unpaired) electrons. The van der Waals surface area contributed by atoms with Crippen LogP contribution in [-0.2, 0) is 0 Å². The van der Waals surface area contributed by atoms with Gasteiger partial charge in [0, 0.05) is 23.5 Å². The van der Waals surface area contributed by atoms with E-state index >= 15 is 0 Å². The molecule has 0 saturated heterocycles. The first-order valence-corrected chi connectivity index (χ1v) is 7.97. The van der Waals surface area contributed by atoms with Crippen LogP contribution >= 0.6 is 11.3 Å². The number of pyridine rings is 1. The summed E-state index contributed by atoms with van der Waals surface area (Å²) in [5.74, 6) is 1.95. The van der Waals surface area contributed by atoms with Gasteiger partial charge in [0.25, 0.3) is 0 Å². The molecule has 1 aromatic carbocycles. The summed E-state index contributed by atoms with van der Waals surface area (Å²) in [6, 6.07) is 9.45. The molecule has 0 unspecified atom stereocenters. The number of fused-ring (bicyclic) bond motifs is 1. The average Bonchev–Trinajstić information content (AvgIpc) is 3.22. The maximum Gasteiger partial charge on any atom is 0.235 e. The summed E-state index contributed by atoms with van der Waals surface area (Å²) in [4.78, 5) is 4.85. The van der Waals surface area contributed by atoms with Crippen LogP contribution < -0.4 is 9.47 Å². The highest BCUT2D eigenvalue weighted by Gasteiger charge is 2.16. The Kier molecular flexibility index (Phi) is 3.58. The first kappa shape index (κ1) is 14.6. The van der Waals surface area contributed by atoms with Gasteiger partial charge in [0.05, 0.1) is 14.2 Å². The summed E-state index contributed by atoms with van der Waals surface area (Å²) >= 11 is 1.47. The van der Waals surface area contributed by atoms with Crippen molar-refractivity contribution < 1.29 is 9.47 Å². The Bertz CT molecular complexity index is 996. The highest BCUT2D eigenvalue weighted by molar-refractivity contribution is 7.19. The fourth-order valence-corrected chi connectivity index (χ4v) is 3.21. The van der Waals surface area contributed by atoms with Gasteiger partial charge in [-0.25, -0.2) is 0 Å². The lowest BCUT2D eigenvalue weighted by Crippen LogP contribution is -1.94. The Morgan fingerprint density at radius 2 is 1.88 bits per heavy atom. The number of hydrogen-bond donors (Lipinski definition) is 0. The smallest absolute Gasteiger partial charge is 0.235 e. The van der Waals surface area contributed by atoms with Crippen molar-refractivity contribution in [2.45, 2.75) is 0 Å². The fourth-order valence-electron chi connectivity index (χ4n) is 2.38. The molecule has 0 spiro atoms. The second-order valence-electron chi connectivity index (χ2n) is 4.94. The molecule has 0 amide bonds. The molecule has 0 N–H and O–H groups in total. The number of hydrogen-bond acceptors (Lipinski definition) is 7. The van der Waals surface area contributed by atoms with E-state index in [2.05, 4.69) is 20.3 Å². The molecule has 3 aromatic heterocycles. The molecule has 0 saturated carbocycles. The van der Waals surface area contributed by atoms with Crippen molar-refractivity contribution in [3.8, 4) is 33.5 Å². The van der Waals surface area contributed by atoms with Gasteiger partial charge >= 0.3 is 0 Å². The number of methoxy groups -OCH3 is 2. The first-order valence-electron chi connectivity index (χ1n) is 7.15. The van der Waals surface area contributed by atoms with Gasteiger partial charge < -0.3 is 9.47 Å². The van der Waals surface area contributed by atoms with Gasteiger partial charge in [-0.1, -0.05) is 11.3 Å². The van der Waals surface area contributed by atoms with E-state index in [9.17, 15) is 0 Å². The Hall–Kier alpha value is -3.00. The lowest BCUT2D eigenvalue weighted by Gasteiger charge is -2.08. The predicted molar refractivity (Wildman–Crippen MR) is 90.4 cm³/mol. The Morgan fingerprint density at radius 3 is 2.62 bits per heavy atom. The average molecular weight is 339 g/mol. The van der Waals surface area contributed by atoms with Crippen LogP contribution in [0.5, 0.6) is 11.5 Å². The summed E-state index contributed by atoms with van der Waals surface area (Å²) in [7, 11) is 3.21. The molecule has 0 aliphatic rings. The van der Waals surface area contributed by atoms with Crippen molar-refractivity contribution >= 4 is 16.3 Å². The zero-order valence-electron chi connectivity index (χ0n) is 13.0. The minimum Gasteiger partial charge on any atom is -0.493 e. The fraction of sp³-hybridized carbons (Fsp3) is 0.125. The molecular formula is C16H13N5O2S. The molecule has 4 rings (SSSR count). The van der Waals surface area contributed by atoms with Crippen molar-refractivity contribution in [3.05, 3.63) is 42.7 Å². The molecule has 0 aliphatic carbocycles. The van der Waals surface area contributed by atoms with Crippen LogP contribution in [0.25, 0.3) is 26.9 Å².